The molecule has 1 aliphatic carbocycles. The molecule has 0 aliphatic heterocycles. The van der Waals surface area contributed by atoms with Crippen molar-refractivity contribution in [1.82, 2.24) is 19.5 Å². The lowest BCUT2D eigenvalue weighted by Crippen LogP contribution is -2.23. The number of benzene rings is 2. The Morgan fingerprint density at radius 2 is 1.69 bits per heavy atom. The summed E-state index contributed by atoms with van der Waals surface area (Å²) in [5.74, 6) is 1.32. The minimum absolute atomic E-state index is 0.138. The normalized spacial score (nSPS) is 13.4. The van der Waals surface area contributed by atoms with Crippen LogP contribution in [-0.2, 0) is 0 Å². The van der Waals surface area contributed by atoms with Gasteiger partial charge in [0.2, 0.25) is 0 Å². The fourth-order valence-corrected chi connectivity index (χ4v) is 3.24. The van der Waals surface area contributed by atoms with Crippen molar-refractivity contribution in [2.75, 3.05) is 7.11 Å². The highest BCUT2D eigenvalue weighted by Gasteiger charge is 2.29. The Labute approximate surface area is 166 Å². The van der Waals surface area contributed by atoms with Crippen LogP contribution in [0.1, 0.15) is 18.9 Å². The zero-order valence-electron chi connectivity index (χ0n) is 15.8. The first-order chi connectivity index (χ1) is 14.2. The average Bonchev–Trinajstić information content (AvgIpc) is 3.59. The summed E-state index contributed by atoms with van der Waals surface area (Å²) in [7, 11) is 1.61. The molecule has 2 aromatic carbocycles. The maximum absolute atomic E-state index is 13.2. The standard InChI is InChI=1S/C22H18N4O3/c1-28-16-9-11-17(12-10-16)29-22-23-13-18-20(25-22)26(15-7-8-15)21(27)19(24-18)14-5-3-2-4-6-14/h2-6,9-13,15H,7-8H2,1H3. The number of nitrogens with zero attached hydrogens (tertiary/aromatic N) is 4. The highest BCUT2D eigenvalue weighted by atomic mass is 16.5. The van der Waals surface area contributed by atoms with Crippen molar-refractivity contribution in [2.24, 2.45) is 0 Å². The molecular weight excluding hydrogens is 368 g/mol. The molecule has 7 nitrogen and oxygen atoms in total. The maximum Gasteiger partial charge on any atom is 0.324 e. The van der Waals surface area contributed by atoms with Gasteiger partial charge >= 0.3 is 6.01 Å². The van der Waals surface area contributed by atoms with Gasteiger partial charge in [0.1, 0.15) is 22.7 Å². The van der Waals surface area contributed by atoms with Crippen LogP contribution in [0, 0.1) is 0 Å². The smallest absolute Gasteiger partial charge is 0.324 e. The summed E-state index contributed by atoms with van der Waals surface area (Å²) in [6, 6.07) is 16.9. The van der Waals surface area contributed by atoms with Gasteiger partial charge in [0, 0.05) is 11.6 Å². The fraction of sp³-hybridized carbons (Fsp3) is 0.182. The molecule has 1 fully saturated rings. The van der Waals surface area contributed by atoms with Crippen LogP contribution in [-0.4, -0.2) is 26.6 Å². The van der Waals surface area contributed by atoms with Crippen LogP contribution in [0.2, 0.25) is 0 Å². The first-order valence-electron chi connectivity index (χ1n) is 9.39. The van der Waals surface area contributed by atoms with E-state index in [0.29, 0.717) is 22.6 Å². The van der Waals surface area contributed by atoms with Gasteiger partial charge in [0.05, 0.1) is 13.3 Å². The Hall–Kier alpha value is -3.74. The van der Waals surface area contributed by atoms with E-state index in [-0.39, 0.29) is 17.6 Å². The highest BCUT2D eigenvalue weighted by molar-refractivity contribution is 5.74. The molecule has 0 bridgehead atoms. The maximum atomic E-state index is 13.2. The third-order valence-electron chi connectivity index (χ3n) is 4.84. The van der Waals surface area contributed by atoms with Crippen LogP contribution in [0.15, 0.2) is 65.6 Å². The van der Waals surface area contributed by atoms with Crippen LogP contribution in [0.5, 0.6) is 17.5 Å². The monoisotopic (exact) mass is 386 g/mol. The molecule has 0 amide bonds. The summed E-state index contributed by atoms with van der Waals surface area (Å²) >= 11 is 0. The van der Waals surface area contributed by atoms with Crippen molar-refractivity contribution < 1.29 is 9.47 Å². The van der Waals surface area contributed by atoms with Gasteiger partial charge in [-0.15, -0.1) is 0 Å². The summed E-state index contributed by atoms with van der Waals surface area (Å²) < 4.78 is 12.7. The molecule has 7 heteroatoms. The topological polar surface area (TPSA) is 79.1 Å². The van der Waals surface area contributed by atoms with Crippen molar-refractivity contribution in [2.45, 2.75) is 18.9 Å². The summed E-state index contributed by atoms with van der Waals surface area (Å²) in [6.45, 7) is 0. The number of rotatable bonds is 5. The molecule has 1 aliphatic rings. The van der Waals surface area contributed by atoms with Crippen molar-refractivity contribution in [3.63, 3.8) is 0 Å². The van der Waals surface area contributed by atoms with Gasteiger partial charge in [-0.1, -0.05) is 30.3 Å². The predicted molar refractivity (Wildman–Crippen MR) is 108 cm³/mol. The first kappa shape index (κ1) is 17.4. The summed E-state index contributed by atoms with van der Waals surface area (Å²) in [5.41, 5.74) is 2.12. The van der Waals surface area contributed by atoms with Crippen molar-refractivity contribution in [1.29, 1.82) is 0 Å². The zero-order valence-corrected chi connectivity index (χ0v) is 15.8. The third-order valence-corrected chi connectivity index (χ3v) is 4.84. The van der Waals surface area contributed by atoms with Gasteiger partial charge in [0.25, 0.3) is 5.56 Å². The Bertz CT molecular complexity index is 1230. The lowest BCUT2D eigenvalue weighted by Gasteiger charge is -2.12. The Morgan fingerprint density at radius 1 is 0.966 bits per heavy atom. The summed E-state index contributed by atoms with van der Waals surface area (Å²) in [6.07, 6.45) is 3.50. The van der Waals surface area contributed by atoms with Crippen molar-refractivity contribution in [3.05, 3.63) is 71.1 Å². The lowest BCUT2D eigenvalue weighted by molar-refractivity contribution is 0.410. The molecule has 0 N–H and O–H groups in total. The van der Waals surface area contributed by atoms with Gasteiger partial charge < -0.3 is 9.47 Å². The van der Waals surface area contributed by atoms with Gasteiger partial charge in [-0.3, -0.25) is 9.36 Å². The second kappa shape index (κ2) is 7.01. The Balaban J connectivity index is 1.60. The second-order valence-electron chi connectivity index (χ2n) is 6.87. The number of hydrogen-bond acceptors (Lipinski definition) is 6. The number of methoxy groups -OCH3 is 1. The minimum atomic E-state index is -0.139. The molecule has 2 heterocycles. The van der Waals surface area contributed by atoms with E-state index in [1.54, 1.807) is 42.1 Å². The van der Waals surface area contributed by atoms with Crippen molar-refractivity contribution >= 4 is 11.2 Å². The van der Waals surface area contributed by atoms with Gasteiger partial charge in [-0.2, -0.15) is 4.98 Å². The fourth-order valence-electron chi connectivity index (χ4n) is 3.24. The quantitative estimate of drug-likeness (QED) is 0.516. The van der Waals surface area contributed by atoms with E-state index in [2.05, 4.69) is 15.0 Å². The summed E-state index contributed by atoms with van der Waals surface area (Å²) in [5, 5.41) is 0. The van der Waals surface area contributed by atoms with Gasteiger partial charge in [-0.25, -0.2) is 9.97 Å². The van der Waals surface area contributed by atoms with E-state index in [1.807, 2.05) is 30.3 Å². The lowest BCUT2D eigenvalue weighted by atomic mass is 10.1. The molecule has 1 saturated carbocycles. The molecule has 0 spiro atoms. The number of hydrogen-bond donors (Lipinski definition) is 0. The van der Waals surface area contributed by atoms with E-state index < -0.39 is 0 Å². The number of fused-ring (bicyclic) bond motifs is 1. The number of ether oxygens (including phenoxy) is 2. The second-order valence-corrected chi connectivity index (χ2v) is 6.87. The molecular formula is C22H18N4O3. The van der Waals surface area contributed by atoms with E-state index in [9.17, 15) is 4.79 Å². The molecule has 4 aromatic rings. The van der Waals surface area contributed by atoms with Crippen LogP contribution in [0.25, 0.3) is 22.4 Å². The molecule has 144 valence electrons. The van der Waals surface area contributed by atoms with Crippen molar-refractivity contribution in [3.8, 4) is 28.8 Å². The molecule has 2 aromatic heterocycles. The predicted octanol–water partition coefficient (Wildman–Crippen LogP) is 3.99. The van der Waals surface area contributed by atoms with E-state index >= 15 is 0 Å². The molecule has 0 atom stereocenters. The van der Waals surface area contributed by atoms with E-state index in [1.165, 1.54) is 0 Å². The number of aromatic nitrogens is 4. The van der Waals surface area contributed by atoms with E-state index in [4.69, 9.17) is 9.47 Å². The third kappa shape index (κ3) is 3.31. The molecule has 0 unspecified atom stereocenters. The SMILES string of the molecule is COc1ccc(Oc2ncc3nc(-c4ccccc4)c(=O)n(C4CC4)c3n2)cc1. The first-order valence-corrected chi connectivity index (χ1v) is 9.39. The van der Waals surface area contributed by atoms with E-state index in [0.717, 1.165) is 24.2 Å². The summed E-state index contributed by atoms with van der Waals surface area (Å²) in [4.78, 5) is 26.5. The van der Waals surface area contributed by atoms with Crippen LogP contribution >= 0.6 is 0 Å². The Morgan fingerprint density at radius 3 is 2.38 bits per heavy atom. The van der Waals surface area contributed by atoms with Gasteiger partial charge in [0.15, 0.2) is 5.65 Å². The van der Waals surface area contributed by atoms with Crippen LogP contribution in [0.4, 0.5) is 0 Å². The largest absolute Gasteiger partial charge is 0.497 e. The Kier molecular flexibility index (Phi) is 4.20. The average molecular weight is 386 g/mol. The molecule has 0 saturated heterocycles. The molecule has 29 heavy (non-hydrogen) atoms. The molecule has 5 rings (SSSR count). The zero-order chi connectivity index (χ0) is 19.8. The van der Waals surface area contributed by atoms with Crippen LogP contribution in [0.3, 0.4) is 0 Å². The molecule has 0 radical (unpaired) electrons. The minimum Gasteiger partial charge on any atom is -0.497 e. The van der Waals surface area contributed by atoms with Crippen LogP contribution < -0.4 is 15.0 Å². The highest BCUT2D eigenvalue weighted by Crippen LogP contribution is 2.36. The van der Waals surface area contributed by atoms with Gasteiger partial charge in [-0.05, 0) is 37.1 Å².